The molecule has 1 unspecified atom stereocenters. The van der Waals surface area contributed by atoms with Crippen molar-refractivity contribution in [3.05, 3.63) is 67.7 Å². The van der Waals surface area contributed by atoms with Crippen molar-refractivity contribution >= 4 is 39.0 Å². The Balaban J connectivity index is 1.14. The maximum absolute atomic E-state index is 13.9. The predicted octanol–water partition coefficient (Wildman–Crippen LogP) is 1.92. The van der Waals surface area contributed by atoms with Crippen LogP contribution in [0.1, 0.15) is 42.6 Å². The normalized spacial score (nSPS) is 17.0. The van der Waals surface area contributed by atoms with E-state index in [-0.39, 0.29) is 41.4 Å². The lowest BCUT2D eigenvalue weighted by atomic mass is 9.93. The van der Waals surface area contributed by atoms with E-state index in [1.165, 1.54) is 6.07 Å². The fraction of sp³-hybridized carbons (Fsp3) is 0.484. The molecule has 4 N–H and O–H groups in total. The van der Waals surface area contributed by atoms with E-state index in [2.05, 4.69) is 25.9 Å². The third-order valence-corrected chi connectivity index (χ3v) is 9.45. The van der Waals surface area contributed by atoms with Crippen molar-refractivity contribution in [2.75, 3.05) is 65.5 Å². The number of halogens is 3. The summed E-state index contributed by atoms with van der Waals surface area (Å²) in [6.45, 7) is 1.61. The van der Waals surface area contributed by atoms with Gasteiger partial charge in [-0.2, -0.15) is 26.9 Å². The van der Waals surface area contributed by atoms with Crippen LogP contribution in [0.3, 0.4) is 0 Å². The third-order valence-electron chi connectivity index (χ3n) is 8.73. The second-order valence-electron chi connectivity index (χ2n) is 12.0. The van der Waals surface area contributed by atoms with Gasteiger partial charge in [0.25, 0.3) is 21.0 Å². The Morgan fingerprint density at radius 2 is 1.59 bits per heavy atom. The zero-order chi connectivity index (χ0) is 35.3. The summed E-state index contributed by atoms with van der Waals surface area (Å²) in [5.41, 5.74) is -0.0295. The molecule has 5 rings (SSSR count). The number of amides is 1. The van der Waals surface area contributed by atoms with E-state index in [9.17, 15) is 36.0 Å². The van der Waals surface area contributed by atoms with Gasteiger partial charge in [-0.05, 0) is 55.7 Å². The molecule has 0 spiro atoms. The van der Waals surface area contributed by atoms with Crippen LogP contribution in [0.2, 0.25) is 0 Å². The van der Waals surface area contributed by atoms with Crippen LogP contribution in [0.4, 0.5) is 36.2 Å². The molecule has 1 amide bonds. The van der Waals surface area contributed by atoms with Crippen molar-refractivity contribution < 1.29 is 30.9 Å². The number of aromatic nitrogens is 2. The van der Waals surface area contributed by atoms with E-state index in [0.717, 1.165) is 5.56 Å². The summed E-state index contributed by atoms with van der Waals surface area (Å²) >= 11 is 0. The lowest BCUT2D eigenvalue weighted by molar-refractivity contribution is -0.144. The number of carbonyl (C=O) groups is 1. The largest absolute Gasteiger partial charge is 0.451 e. The van der Waals surface area contributed by atoms with Crippen LogP contribution < -0.4 is 36.6 Å². The topological polar surface area (TPSA) is 198 Å². The number of piperidine rings is 1. The van der Waals surface area contributed by atoms with Gasteiger partial charge in [-0.3, -0.25) is 18.9 Å². The Bertz CT molecular complexity index is 1880. The molecule has 1 aromatic heterocycles. The van der Waals surface area contributed by atoms with Crippen LogP contribution in [0.15, 0.2) is 39.9 Å². The molecule has 0 bridgehead atoms. The van der Waals surface area contributed by atoms with Gasteiger partial charge in [0.2, 0.25) is 11.7 Å². The van der Waals surface area contributed by atoms with Crippen molar-refractivity contribution in [1.82, 2.24) is 15.3 Å². The van der Waals surface area contributed by atoms with Crippen molar-refractivity contribution in [2.24, 2.45) is 5.92 Å². The summed E-state index contributed by atoms with van der Waals surface area (Å²) in [4.78, 5) is 47.7. The summed E-state index contributed by atoms with van der Waals surface area (Å²) in [6.07, 6.45) is -1.95. The SMILES string of the molecule is N#Cc1ccc(CCNC(=O)C2CCN2c2cc(N3CCC(CCNc4c(NCCS(=O)(=O)O)c(=O)c4=O)CC3)nc(C(F)(F)F)n2)cc1. The number of rotatable bonds is 14. The molecule has 0 radical (unpaired) electrons. The maximum Gasteiger partial charge on any atom is 0.451 e. The van der Waals surface area contributed by atoms with Crippen molar-refractivity contribution in [2.45, 2.75) is 44.3 Å². The molecular formula is C31H35F3N8O6S. The van der Waals surface area contributed by atoms with Crippen molar-refractivity contribution in [1.29, 1.82) is 5.26 Å². The molecule has 18 heteroatoms. The van der Waals surface area contributed by atoms with Crippen LogP contribution in [-0.2, 0) is 27.5 Å². The minimum Gasteiger partial charge on any atom is -0.380 e. The van der Waals surface area contributed by atoms with Gasteiger partial charge in [0.15, 0.2) is 0 Å². The van der Waals surface area contributed by atoms with Crippen LogP contribution in [0.25, 0.3) is 0 Å². The maximum atomic E-state index is 13.9. The van der Waals surface area contributed by atoms with Gasteiger partial charge in [-0.25, -0.2) is 9.97 Å². The quantitative estimate of drug-likeness (QED) is 0.140. The number of hydrogen-bond acceptors (Lipinski definition) is 12. The van der Waals surface area contributed by atoms with Crippen LogP contribution in [0.5, 0.6) is 0 Å². The number of nitrogens with one attached hydrogen (secondary N) is 3. The van der Waals surface area contributed by atoms with E-state index < -0.39 is 44.8 Å². The molecule has 3 heterocycles. The molecule has 262 valence electrons. The summed E-state index contributed by atoms with van der Waals surface area (Å²) in [7, 11) is -4.24. The summed E-state index contributed by atoms with van der Waals surface area (Å²) in [6, 6.07) is 9.83. The second-order valence-corrected chi connectivity index (χ2v) is 13.6. The minimum atomic E-state index is -4.80. The Hall–Kier alpha value is -4.76. The first-order valence-electron chi connectivity index (χ1n) is 15.7. The standard InChI is InChI=1S/C31H35F3N8O6S/c32-31(33,34)30-39-23(17-24(40-30)42-15-9-22(42)29(45)38-11-6-19-1-3-21(18-35)4-2-19)41-13-7-20(8-14-41)5-10-36-25-26(28(44)27(25)43)37-12-16-49(46,47)48/h1-4,17,20,22,36-37H,5-16H2,(H,38,45)(H,46,47,48). The Morgan fingerprint density at radius 3 is 2.16 bits per heavy atom. The first-order valence-corrected chi connectivity index (χ1v) is 17.3. The van der Waals surface area contributed by atoms with Crippen LogP contribution >= 0.6 is 0 Å². The number of anilines is 4. The molecule has 2 aliphatic heterocycles. The molecule has 2 aromatic carbocycles. The Labute approximate surface area is 279 Å². The highest BCUT2D eigenvalue weighted by atomic mass is 32.2. The van der Waals surface area contributed by atoms with Gasteiger partial charge in [-0.1, -0.05) is 12.1 Å². The average Bonchev–Trinajstić information content (AvgIpc) is 3.04. The highest BCUT2D eigenvalue weighted by Crippen LogP contribution is 2.34. The van der Waals surface area contributed by atoms with Crippen molar-refractivity contribution in [3.63, 3.8) is 0 Å². The molecule has 0 saturated carbocycles. The lowest BCUT2D eigenvalue weighted by Crippen LogP contribution is -2.57. The summed E-state index contributed by atoms with van der Waals surface area (Å²) in [5.74, 6) is -1.92. The number of carbonyl (C=O) groups excluding carboxylic acids is 1. The molecule has 3 aromatic rings. The first kappa shape index (κ1) is 35.5. The zero-order valence-corrected chi connectivity index (χ0v) is 27.1. The van der Waals surface area contributed by atoms with E-state index in [0.29, 0.717) is 70.4 Å². The number of benzene rings is 1. The van der Waals surface area contributed by atoms with Crippen LogP contribution in [-0.4, -0.2) is 79.9 Å². The third kappa shape index (κ3) is 8.83. The smallest absolute Gasteiger partial charge is 0.380 e. The molecule has 1 atom stereocenters. The second kappa shape index (κ2) is 14.8. The molecule has 14 nitrogen and oxygen atoms in total. The highest BCUT2D eigenvalue weighted by molar-refractivity contribution is 7.85. The first-order chi connectivity index (χ1) is 23.2. The summed E-state index contributed by atoms with van der Waals surface area (Å²) in [5, 5.41) is 17.2. The molecule has 2 saturated heterocycles. The van der Waals surface area contributed by atoms with Gasteiger partial charge in [0.1, 0.15) is 29.1 Å². The Kier molecular flexibility index (Phi) is 10.7. The number of nitriles is 1. The van der Waals surface area contributed by atoms with E-state index in [1.54, 1.807) is 34.1 Å². The fourth-order valence-corrected chi connectivity index (χ4v) is 6.23. The van der Waals surface area contributed by atoms with Gasteiger partial charge < -0.3 is 25.8 Å². The minimum absolute atomic E-state index is 0.0242. The van der Waals surface area contributed by atoms with Gasteiger partial charge in [0.05, 0.1) is 17.4 Å². The van der Waals surface area contributed by atoms with Gasteiger partial charge in [-0.15, -0.1) is 0 Å². The van der Waals surface area contributed by atoms with Crippen molar-refractivity contribution in [3.8, 4) is 6.07 Å². The zero-order valence-electron chi connectivity index (χ0n) is 26.3. The number of alkyl halides is 3. The number of nitrogens with zero attached hydrogens (tertiary/aromatic N) is 5. The predicted molar refractivity (Wildman–Crippen MR) is 175 cm³/mol. The van der Waals surface area contributed by atoms with Gasteiger partial charge in [0, 0.05) is 45.3 Å². The van der Waals surface area contributed by atoms with Crippen LogP contribution in [0, 0.1) is 17.2 Å². The average molecular weight is 705 g/mol. The molecule has 2 aliphatic rings. The monoisotopic (exact) mass is 704 g/mol. The molecular weight excluding hydrogens is 669 g/mol. The molecule has 49 heavy (non-hydrogen) atoms. The summed E-state index contributed by atoms with van der Waals surface area (Å²) < 4.78 is 72.3. The van der Waals surface area contributed by atoms with E-state index >= 15 is 0 Å². The lowest BCUT2D eigenvalue weighted by Gasteiger charge is -2.41. The van der Waals surface area contributed by atoms with Gasteiger partial charge >= 0.3 is 6.18 Å². The fourth-order valence-electron chi connectivity index (χ4n) is 5.87. The molecule has 2 fully saturated rings. The van der Waals surface area contributed by atoms with E-state index in [4.69, 9.17) is 9.81 Å². The number of hydrogen-bond donors (Lipinski definition) is 4. The van der Waals surface area contributed by atoms with E-state index in [1.807, 2.05) is 6.07 Å². The highest BCUT2D eigenvalue weighted by Gasteiger charge is 2.40. The molecule has 0 aliphatic carbocycles. The Morgan fingerprint density at radius 1 is 0.959 bits per heavy atom.